The number of nitrogens with one attached hydrogen (secondary N) is 1. The molecule has 2 amide bonds. The highest BCUT2D eigenvalue weighted by Gasteiger charge is 2.26. The lowest BCUT2D eigenvalue weighted by atomic mass is 10.0. The number of anilines is 1. The fraction of sp³-hybridized carbons (Fsp3) is 0.500. The zero-order valence-corrected chi connectivity index (χ0v) is 13.1. The zero-order valence-electron chi connectivity index (χ0n) is 13.1. The summed E-state index contributed by atoms with van der Waals surface area (Å²) in [6.45, 7) is 7.62. The van der Waals surface area contributed by atoms with Crippen LogP contribution in [0.2, 0.25) is 0 Å². The van der Waals surface area contributed by atoms with Gasteiger partial charge in [-0.05, 0) is 37.0 Å². The van der Waals surface area contributed by atoms with Gasteiger partial charge in [0.25, 0.3) is 5.91 Å². The van der Waals surface area contributed by atoms with Crippen molar-refractivity contribution in [3.05, 3.63) is 29.8 Å². The summed E-state index contributed by atoms with van der Waals surface area (Å²) in [4.78, 5) is 25.1. The molecular formula is C16H24N2O3. The Balaban J connectivity index is 3.03. The van der Waals surface area contributed by atoms with Gasteiger partial charge >= 0.3 is 0 Å². The summed E-state index contributed by atoms with van der Waals surface area (Å²) in [6.07, 6.45) is 1.26. The van der Waals surface area contributed by atoms with Crippen LogP contribution in [0.1, 0.15) is 39.7 Å². The molecule has 2 N–H and O–H groups in total. The Hall–Kier alpha value is -1.88. The lowest BCUT2D eigenvalue weighted by Crippen LogP contribution is -2.47. The molecule has 0 heterocycles. The van der Waals surface area contributed by atoms with Gasteiger partial charge in [0.1, 0.15) is 6.04 Å². The molecule has 1 atom stereocenters. The summed E-state index contributed by atoms with van der Waals surface area (Å²) in [7, 11) is 0. The van der Waals surface area contributed by atoms with Gasteiger partial charge in [-0.1, -0.05) is 32.9 Å². The summed E-state index contributed by atoms with van der Waals surface area (Å²) >= 11 is 0. The van der Waals surface area contributed by atoms with Crippen LogP contribution in [0.5, 0.6) is 0 Å². The van der Waals surface area contributed by atoms with Gasteiger partial charge in [-0.2, -0.15) is 0 Å². The Morgan fingerprint density at radius 3 is 2.19 bits per heavy atom. The molecule has 0 bridgehead atoms. The molecule has 0 saturated heterocycles. The van der Waals surface area contributed by atoms with E-state index >= 15 is 0 Å². The molecule has 116 valence electrons. The molecular weight excluding hydrogens is 268 g/mol. The number of amides is 2. The van der Waals surface area contributed by atoms with Gasteiger partial charge in [0, 0.05) is 12.1 Å². The van der Waals surface area contributed by atoms with Crippen molar-refractivity contribution < 1.29 is 14.8 Å². The van der Waals surface area contributed by atoms with Crippen LogP contribution < -0.4 is 10.4 Å². The molecule has 0 aromatic heterocycles. The second kappa shape index (κ2) is 7.78. The van der Waals surface area contributed by atoms with Crippen molar-refractivity contribution in [3.8, 4) is 0 Å². The average Bonchev–Trinajstić information content (AvgIpc) is 2.47. The Morgan fingerprint density at radius 1 is 1.19 bits per heavy atom. The van der Waals surface area contributed by atoms with Crippen molar-refractivity contribution in [3.63, 3.8) is 0 Å². The summed E-state index contributed by atoms with van der Waals surface area (Å²) in [6, 6.07) is 6.85. The second-order valence-corrected chi connectivity index (χ2v) is 5.53. The summed E-state index contributed by atoms with van der Waals surface area (Å²) in [5.74, 6) is -0.214. The minimum atomic E-state index is -0.765. The van der Waals surface area contributed by atoms with Crippen LogP contribution in [-0.2, 0) is 16.0 Å². The molecule has 1 aromatic rings. The molecule has 21 heavy (non-hydrogen) atoms. The first-order chi connectivity index (χ1) is 9.90. The summed E-state index contributed by atoms with van der Waals surface area (Å²) < 4.78 is 0. The number of hydrogen-bond acceptors (Lipinski definition) is 3. The standard InChI is InChI=1S/C16H24N2O3/c1-5-15(19)18(12(4)16(20)17-21)14-8-6-13(7-9-14)10-11(2)3/h6-9,11-12,21H,5,10H2,1-4H3,(H,17,20). The van der Waals surface area contributed by atoms with Crippen LogP contribution >= 0.6 is 0 Å². The minimum Gasteiger partial charge on any atom is -0.300 e. The van der Waals surface area contributed by atoms with Crippen molar-refractivity contribution in [2.45, 2.75) is 46.6 Å². The van der Waals surface area contributed by atoms with Crippen LogP contribution in [0.25, 0.3) is 0 Å². The first-order valence-electron chi connectivity index (χ1n) is 7.25. The Bertz CT molecular complexity index is 483. The van der Waals surface area contributed by atoms with Crippen molar-refractivity contribution in [1.82, 2.24) is 5.48 Å². The Labute approximate surface area is 125 Å². The van der Waals surface area contributed by atoms with Crippen molar-refractivity contribution in [1.29, 1.82) is 0 Å². The maximum Gasteiger partial charge on any atom is 0.266 e. The number of hydrogen-bond donors (Lipinski definition) is 2. The van der Waals surface area contributed by atoms with E-state index < -0.39 is 11.9 Å². The zero-order chi connectivity index (χ0) is 16.0. The third-order valence-corrected chi connectivity index (χ3v) is 3.31. The second-order valence-electron chi connectivity index (χ2n) is 5.53. The van der Waals surface area contributed by atoms with Gasteiger partial charge in [0.15, 0.2) is 0 Å². The molecule has 5 nitrogen and oxygen atoms in total. The van der Waals surface area contributed by atoms with Gasteiger partial charge < -0.3 is 4.90 Å². The van der Waals surface area contributed by atoms with E-state index in [1.807, 2.05) is 24.3 Å². The number of benzene rings is 1. The molecule has 0 fully saturated rings. The third kappa shape index (κ3) is 4.56. The summed E-state index contributed by atoms with van der Waals surface area (Å²) in [5, 5.41) is 8.76. The van der Waals surface area contributed by atoms with E-state index in [1.54, 1.807) is 19.3 Å². The molecule has 1 aromatic carbocycles. The normalized spacial score (nSPS) is 12.1. The Kier molecular flexibility index (Phi) is 6.37. The Morgan fingerprint density at radius 2 is 1.76 bits per heavy atom. The predicted molar refractivity (Wildman–Crippen MR) is 82.2 cm³/mol. The fourth-order valence-corrected chi connectivity index (χ4v) is 2.23. The number of hydroxylamine groups is 1. The number of nitrogens with zero attached hydrogens (tertiary/aromatic N) is 1. The largest absolute Gasteiger partial charge is 0.300 e. The lowest BCUT2D eigenvalue weighted by molar-refractivity contribution is -0.132. The van der Waals surface area contributed by atoms with Crippen LogP contribution in [0, 0.1) is 5.92 Å². The smallest absolute Gasteiger partial charge is 0.266 e. The maximum atomic E-state index is 12.1. The first-order valence-corrected chi connectivity index (χ1v) is 7.25. The highest BCUT2D eigenvalue weighted by Crippen LogP contribution is 2.20. The van der Waals surface area contributed by atoms with Gasteiger partial charge in [0.2, 0.25) is 5.91 Å². The fourth-order valence-electron chi connectivity index (χ4n) is 2.23. The van der Waals surface area contributed by atoms with Crippen LogP contribution in [-0.4, -0.2) is 23.1 Å². The van der Waals surface area contributed by atoms with Gasteiger partial charge in [0.05, 0.1) is 0 Å². The van der Waals surface area contributed by atoms with Gasteiger partial charge in [-0.3, -0.25) is 14.8 Å². The summed E-state index contributed by atoms with van der Waals surface area (Å²) in [5.41, 5.74) is 3.45. The van der Waals surface area contributed by atoms with E-state index in [9.17, 15) is 9.59 Å². The quantitative estimate of drug-likeness (QED) is 0.625. The molecule has 0 radical (unpaired) electrons. The number of carbonyl (C=O) groups is 2. The maximum absolute atomic E-state index is 12.1. The monoisotopic (exact) mass is 292 g/mol. The lowest BCUT2D eigenvalue weighted by Gasteiger charge is -2.27. The van der Waals surface area contributed by atoms with E-state index in [1.165, 1.54) is 10.5 Å². The molecule has 0 aliphatic heterocycles. The van der Waals surface area contributed by atoms with Crippen molar-refractivity contribution in [2.24, 2.45) is 5.92 Å². The topological polar surface area (TPSA) is 69.6 Å². The van der Waals surface area contributed by atoms with E-state index in [0.29, 0.717) is 11.6 Å². The molecule has 0 aliphatic carbocycles. The van der Waals surface area contributed by atoms with E-state index in [4.69, 9.17) is 5.21 Å². The average molecular weight is 292 g/mol. The van der Waals surface area contributed by atoms with E-state index in [2.05, 4.69) is 13.8 Å². The number of carbonyl (C=O) groups excluding carboxylic acids is 2. The molecule has 1 unspecified atom stereocenters. The molecule has 0 aliphatic rings. The molecule has 1 rings (SSSR count). The number of rotatable bonds is 6. The van der Waals surface area contributed by atoms with Crippen LogP contribution in [0.3, 0.4) is 0 Å². The third-order valence-electron chi connectivity index (χ3n) is 3.31. The van der Waals surface area contributed by atoms with Crippen molar-refractivity contribution in [2.75, 3.05) is 4.90 Å². The molecule has 0 saturated carbocycles. The van der Waals surface area contributed by atoms with Crippen molar-refractivity contribution >= 4 is 17.5 Å². The van der Waals surface area contributed by atoms with E-state index in [0.717, 1.165) is 6.42 Å². The SMILES string of the molecule is CCC(=O)N(c1ccc(CC(C)C)cc1)C(C)C(=O)NO. The van der Waals surface area contributed by atoms with Gasteiger partial charge in [-0.15, -0.1) is 0 Å². The molecule has 5 heteroatoms. The highest BCUT2D eigenvalue weighted by atomic mass is 16.5. The van der Waals surface area contributed by atoms with Crippen LogP contribution in [0.15, 0.2) is 24.3 Å². The van der Waals surface area contributed by atoms with E-state index in [-0.39, 0.29) is 12.3 Å². The predicted octanol–water partition coefficient (Wildman–Crippen LogP) is 2.52. The van der Waals surface area contributed by atoms with Gasteiger partial charge in [-0.25, -0.2) is 5.48 Å². The first kappa shape index (κ1) is 17.2. The molecule has 0 spiro atoms. The highest BCUT2D eigenvalue weighted by molar-refractivity contribution is 6.00. The minimum absolute atomic E-state index is 0.164. The van der Waals surface area contributed by atoms with Crippen LogP contribution in [0.4, 0.5) is 5.69 Å².